The Labute approximate surface area is 145 Å². The third kappa shape index (κ3) is 6.53. The molecule has 0 aliphatic carbocycles. The van der Waals surface area contributed by atoms with E-state index in [1.165, 1.54) is 12.2 Å². The Balaban J connectivity index is 5.02. The van der Waals surface area contributed by atoms with Crippen LogP contribution in [0.2, 0.25) is 44.3 Å². The molecule has 0 aromatic heterocycles. The second-order valence-corrected chi connectivity index (χ2v) is 20.8. The van der Waals surface area contributed by atoms with Gasteiger partial charge in [-0.05, 0) is 12.5 Å². The summed E-state index contributed by atoms with van der Waals surface area (Å²) >= 11 is 0. The lowest BCUT2D eigenvalue weighted by Gasteiger charge is -2.30. The van der Waals surface area contributed by atoms with Crippen molar-refractivity contribution >= 4 is 26.0 Å². The van der Waals surface area contributed by atoms with Crippen molar-refractivity contribution in [3.8, 4) is 0 Å². The van der Waals surface area contributed by atoms with Gasteiger partial charge in [0, 0.05) is 20.1 Å². The molecule has 0 bridgehead atoms. The van der Waals surface area contributed by atoms with Crippen LogP contribution in [0.5, 0.6) is 0 Å². The molecule has 0 atom stereocenters. The molecule has 0 aliphatic rings. The van der Waals surface area contributed by atoms with Gasteiger partial charge in [-0.3, -0.25) is 0 Å². The molecule has 0 saturated heterocycles. The molecule has 0 fully saturated rings. The molecule has 3 nitrogen and oxygen atoms in total. The van der Waals surface area contributed by atoms with Gasteiger partial charge in [0.15, 0.2) is 9.84 Å². The Kier molecular flexibility index (Phi) is 8.44. The highest BCUT2D eigenvalue weighted by atomic mass is 32.2. The van der Waals surface area contributed by atoms with E-state index in [4.69, 9.17) is 0 Å². The van der Waals surface area contributed by atoms with Gasteiger partial charge in [-0.25, -0.2) is 8.42 Å². The molecule has 0 heterocycles. The molecule has 134 valence electrons. The van der Waals surface area contributed by atoms with Crippen LogP contribution in [0.25, 0.3) is 0 Å². The van der Waals surface area contributed by atoms with Gasteiger partial charge < -0.3 is 5.11 Å². The van der Waals surface area contributed by atoms with Gasteiger partial charge in [-0.1, -0.05) is 56.5 Å². The first-order valence-electron chi connectivity index (χ1n) is 8.12. The normalized spacial score (nSPS) is 13.6. The summed E-state index contributed by atoms with van der Waals surface area (Å²) in [5, 5.41) is 9.43. The van der Waals surface area contributed by atoms with Crippen molar-refractivity contribution in [1.29, 1.82) is 0 Å². The molecule has 0 unspecified atom stereocenters. The van der Waals surface area contributed by atoms with Gasteiger partial charge in [-0.15, -0.1) is 19.7 Å². The molecule has 0 aromatic rings. The number of rotatable bonds is 12. The number of allylic oxidation sites excluding steroid dienone is 1. The van der Waals surface area contributed by atoms with Crippen molar-refractivity contribution in [2.45, 2.75) is 55.5 Å². The van der Waals surface area contributed by atoms with Gasteiger partial charge >= 0.3 is 0 Å². The quantitative estimate of drug-likeness (QED) is 0.414. The van der Waals surface area contributed by atoms with Crippen LogP contribution >= 0.6 is 0 Å². The van der Waals surface area contributed by atoms with Gasteiger partial charge in [-0.2, -0.15) is 0 Å². The van der Waals surface area contributed by atoms with Gasteiger partial charge in [0.05, 0.1) is 8.07 Å². The van der Waals surface area contributed by atoms with E-state index in [1.807, 2.05) is 0 Å². The molecule has 0 saturated carbocycles. The number of aliphatic hydroxyl groups is 1. The zero-order valence-corrected chi connectivity index (χ0v) is 18.1. The Morgan fingerprint density at radius 3 is 1.83 bits per heavy atom. The van der Waals surface area contributed by atoms with Crippen LogP contribution in [0, 0.1) is 0 Å². The number of hydrogen-bond donors (Lipinski definition) is 1. The topological polar surface area (TPSA) is 54.4 Å². The molecule has 0 amide bonds. The fourth-order valence-electron chi connectivity index (χ4n) is 2.34. The highest BCUT2D eigenvalue weighted by Crippen LogP contribution is 2.30. The van der Waals surface area contributed by atoms with Crippen LogP contribution in [0.4, 0.5) is 0 Å². The zero-order chi connectivity index (χ0) is 18.4. The Hall–Kier alpha value is -0.436. The standard InChI is InChI=1S/C17H34O3SSi2/c1-8-11-17(9-2,10-3)21(19,20)12-13-22(4,5)14-15-23(6,7)16-18/h8-10,18H,1-3,11-16H2,4-7H3. The molecule has 0 aromatic carbocycles. The summed E-state index contributed by atoms with van der Waals surface area (Å²) in [5.41, 5.74) is 0. The lowest BCUT2D eigenvalue weighted by atomic mass is 10.1. The third-order valence-electron chi connectivity index (χ3n) is 4.69. The maximum Gasteiger partial charge on any atom is 0.163 e. The second kappa shape index (κ2) is 8.60. The van der Waals surface area contributed by atoms with Crippen LogP contribution in [0.15, 0.2) is 38.0 Å². The van der Waals surface area contributed by atoms with Gasteiger partial charge in [0.1, 0.15) is 4.75 Å². The largest absolute Gasteiger partial charge is 0.400 e. The minimum Gasteiger partial charge on any atom is -0.400 e. The predicted molar refractivity (Wildman–Crippen MR) is 108 cm³/mol. The molecule has 0 rings (SSSR count). The first-order chi connectivity index (χ1) is 10.4. The van der Waals surface area contributed by atoms with E-state index in [0.29, 0.717) is 12.7 Å². The first kappa shape index (κ1) is 22.6. The summed E-state index contributed by atoms with van der Waals surface area (Å²) in [6.07, 6.45) is 5.18. The lowest BCUT2D eigenvalue weighted by molar-refractivity contribution is 0.358. The Morgan fingerprint density at radius 1 is 0.957 bits per heavy atom. The van der Waals surface area contributed by atoms with Crippen molar-refractivity contribution < 1.29 is 13.5 Å². The monoisotopic (exact) mass is 374 g/mol. The molecule has 0 radical (unpaired) electrons. The maximum atomic E-state index is 12.8. The minimum absolute atomic E-state index is 0.166. The van der Waals surface area contributed by atoms with Crippen LogP contribution in [-0.4, -0.2) is 46.4 Å². The average Bonchev–Trinajstić information content (AvgIpc) is 2.49. The Morgan fingerprint density at radius 2 is 1.43 bits per heavy atom. The van der Waals surface area contributed by atoms with Crippen molar-refractivity contribution in [2.75, 3.05) is 12.0 Å². The molecule has 1 N–H and O–H groups in total. The highest BCUT2D eigenvalue weighted by Gasteiger charge is 2.38. The van der Waals surface area contributed by atoms with Gasteiger partial charge in [0.2, 0.25) is 0 Å². The summed E-state index contributed by atoms with van der Waals surface area (Å²) in [5.74, 6) is 0.166. The highest BCUT2D eigenvalue weighted by molar-refractivity contribution is 7.93. The molecular weight excluding hydrogens is 340 g/mol. The zero-order valence-electron chi connectivity index (χ0n) is 15.3. The maximum absolute atomic E-state index is 12.8. The molecule has 6 heteroatoms. The number of sulfone groups is 1. The fraction of sp³-hybridized carbons (Fsp3) is 0.647. The smallest absolute Gasteiger partial charge is 0.163 e. The first-order valence-corrected chi connectivity index (χ1v) is 16.6. The average molecular weight is 375 g/mol. The van der Waals surface area contributed by atoms with E-state index in [9.17, 15) is 13.5 Å². The van der Waals surface area contributed by atoms with E-state index in [0.717, 1.165) is 18.1 Å². The van der Waals surface area contributed by atoms with Crippen molar-refractivity contribution in [3.05, 3.63) is 38.0 Å². The van der Waals surface area contributed by atoms with Gasteiger partial charge in [0.25, 0.3) is 0 Å². The lowest BCUT2D eigenvalue weighted by Crippen LogP contribution is -2.40. The summed E-state index contributed by atoms with van der Waals surface area (Å²) in [7, 11) is -6.50. The van der Waals surface area contributed by atoms with E-state index in [2.05, 4.69) is 45.9 Å². The summed E-state index contributed by atoms with van der Waals surface area (Å²) in [6.45, 7) is 19.9. The van der Waals surface area contributed by atoms with Crippen LogP contribution < -0.4 is 0 Å². The second-order valence-electron chi connectivity index (χ2n) is 7.91. The van der Waals surface area contributed by atoms with E-state index < -0.39 is 30.7 Å². The summed E-state index contributed by atoms with van der Waals surface area (Å²) in [4.78, 5) is 0. The summed E-state index contributed by atoms with van der Waals surface area (Å²) in [6, 6.07) is 2.86. The fourth-order valence-corrected chi connectivity index (χ4v) is 12.7. The van der Waals surface area contributed by atoms with Crippen LogP contribution in [0.1, 0.15) is 6.42 Å². The van der Waals surface area contributed by atoms with E-state index >= 15 is 0 Å². The SMILES string of the molecule is C=CCC(C=C)(C=C)S(=O)(=O)CC[Si](C)(C)CC[Si](C)(C)CO. The van der Waals surface area contributed by atoms with Crippen molar-refractivity contribution in [1.82, 2.24) is 0 Å². The van der Waals surface area contributed by atoms with Crippen LogP contribution in [0.3, 0.4) is 0 Å². The number of hydrogen-bond acceptors (Lipinski definition) is 3. The predicted octanol–water partition coefficient (Wildman–Crippen LogP) is 4.04. The summed E-state index contributed by atoms with van der Waals surface area (Å²) < 4.78 is 24.5. The van der Waals surface area contributed by atoms with E-state index in [-0.39, 0.29) is 5.75 Å². The molecule has 0 spiro atoms. The number of aliphatic hydroxyl groups excluding tert-OH is 1. The molecular formula is C17H34O3SSi2. The Bertz CT molecular complexity index is 514. The molecule has 0 aliphatic heterocycles. The van der Waals surface area contributed by atoms with Crippen molar-refractivity contribution in [2.24, 2.45) is 0 Å². The van der Waals surface area contributed by atoms with Crippen molar-refractivity contribution in [3.63, 3.8) is 0 Å². The minimum atomic E-state index is -3.35. The van der Waals surface area contributed by atoms with E-state index in [1.54, 1.807) is 6.08 Å². The third-order valence-corrected chi connectivity index (χ3v) is 13.6. The van der Waals surface area contributed by atoms with Crippen LogP contribution in [-0.2, 0) is 9.84 Å². The molecule has 23 heavy (non-hydrogen) atoms.